The molecule has 0 spiro atoms. The molecule has 1 aliphatic rings. The topological polar surface area (TPSA) is 93.1 Å². The van der Waals surface area contributed by atoms with Gasteiger partial charge in [0.2, 0.25) is 0 Å². The van der Waals surface area contributed by atoms with Gasteiger partial charge >= 0.3 is 5.97 Å². The van der Waals surface area contributed by atoms with Gasteiger partial charge in [0.15, 0.2) is 0 Å². The lowest BCUT2D eigenvalue weighted by atomic mass is 10.1. The van der Waals surface area contributed by atoms with E-state index in [1.807, 2.05) is 25.1 Å². The molecule has 188 valence electrons. The number of anilines is 1. The maximum atomic E-state index is 13.7. The molecule has 0 saturated carbocycles. The van der Waals surface area contributed by atoms with E-state index in [1.165, 1.54) is 4.31 Å². The second kappa shape index (κ2) is 10.6. The van der Waals surface area contributed by atoms with Gasteiger partial charge < -0.3 is 14.6 Å². The van der Waals surface area contributed by atoms with Gasteiger partial charge in [-0.1, -0.05) is 41.9 Å². The highest BCUT2D eigenvalue weighted by molar-refractivity contribution is 7.92. The van der Waals surface area contributed by atoms with Crippen molar-refractivity contribution in [1.29, 1.82) is 0 Å². The predicted octanol–water partition coefficient (Wildman–Crippen LogP) is 5.65. The van der Waals surface area contributed by atoms with Crippen LogP contribution in [-0.4, -0.2) is 39.3 Å². The summed E-state index contributed by atoms with van der Waals surface area (Å²) in [6.45, 7) is 1.83. The zero-order valence-electron chi connectivity index (χ0n) is 19.8. The third-order valence-electron chi connectivity index (χ3n) is 5.85. The number of aryl methyl sites for hydroxylation is 1. The number of carboxylic acids is 1. The third kappa shape index (κ3) is 5.50. The van der Waals surface area contributed by atoms with Crippen molar-refractivity contribution >= 4 is 45.4 Å². The van der Waals surface area contributed by atoms with Crippen molar-refractivity contribution in [1.82, 2.24) is 0 Å². The minimum absolute atomic E-state index is 0.00204. The molecule has 3 aromatic carbocycles. The predicted molar refractivity (Wildman–Crippen MR) is 140 cm³/mol. The highest BCUT2D eigenvalue weighted by Crippen LogP contribution is 2.39. The number of aliphatic carboxylic acids is 1. The number of benzene rings is 3. The first kappa shape index (κ1) is 25.6. The Morgan fingerprint density at radius 3 is 2.67 bits per heavy atom. The van der Waals surface area contributed by atoms with E-state index in [0.717, 1.165) is 11.1 Å². The fourth-order valence-corrected chi connectivity index (χ4v) is 5.87. The number of methoxy groups -OCH3 is 1. The SMILES string of the molecule is COc1cccc(Cl)c1/C=C/c1ccc2c(c1)N(S(=O)(=O)c1cccc(C)c1)C[C@H](CCC(=O)O)O2. The van der Waals surface area contributed by atoms with Crippen LogP contribution in [0.1, 0.15) is 29.5 Å². The van der Waals surface area contributed by atoms with Crippen molar-refractivity contribution < 1.29 is 27.8 Å². The van der Waals surface area contributed by atoms with Crippen LogP contribution in [0.15, 0.2) is 65.6 Å². The number of ether oxygens (including phenoxy) is 2. The number of halogens is 1. The molecule has 36 heavy (non-hydrogen) atoms. The van der Waals surface area contributed by atoms with Crippen LogP contribution >= 0.6 is 11.6 Å². The van der Waals surface area contributed by atoms with Crippen LogP contribution in [0.3, 0.4) is 0 Å². The van der Waals surface area contributed by atoms with Crippen LogP contribution in [-0.2, 0) is 14.8 Å². The summed E-state index contributed by atoms with van der Waals surface area (Å²) in [4.78, 5) is 11.3. The normalized spacial score (nSPS) is 15.4. The van der Waals surface area contributed by atoms with Gasteiger partial charge in [0, 0.05) is 12.0 Å². The summed E-state index contributed by atoms with van der Waals surface area (Å²) in [5.41, 5.74) is 2.63. The Morgan fingerprint density at radius 1 is 1.17 bits per heavy atom. The van der Waals surface area contributed by atoms with E-state index in [1.54, 1.807) is 61.7 Å². The molecular formula is C27H26ClNO6S. The molecule has 1 heterocycles. The molecular weight excluding hydrogens is 502 g/mol. The molecule has 0 aliphatic carbocycles. The molecule has 9 heteroatoms. The third-order valence-corrected chi connectivity index (χ3v) is 7.95. The van der Waals surface area contributed by atoms with Gasteiger partial charge in [-0.2, -0.15) is 0 Å². The maximum Gasteiger partial charge on any atom is 0.303 e. The summed E-state index contributed by atoms with van der Waals surface area (Å²) < 4.78 is 40.1. The smallest absolute Gasteiger partial charge is 0.303 e. The Kier molecular flexibility index (Phi) is 7.56. The van der Waals surface area contributed by atoms with Gasteiger partial charge in [-0.3, -0.25) is 9.10 Å². The van der Waals surface area contributed by atoms with Crippen molar-refractivity contribution in [3.63, 3.8) is 0 Å². The van der Waals surface area contributed by atoms with Crippen molar-refractivity contribution in [2.24, 2.45) is 0 Å². The minimum Gasteiger partial charge on any atom is -0.496 e. The summed E-state index contributed by atoms with van der Waals surface area (Å²) in [6, 6.07) is 17.3. The largest absolute Gasteiger partial charge is 0.496 e. The van der Waals surface area contributed by atoms with Gasteiger partial charge in [0.05, 0.1) is 29.3 Å². The number of hydrogen-bond acceptors (Lipinski definition) is 5. The number of fused-ring (bicyclic) bond motifs is 1. The number of carboxylic acid groups (broad SMARTS) is 1. The number of sulfonamides is 1. The average molecular weight is 528 g/mol. The molecule has 0 radical (unpaired) electrons. The number of hydrogen-bond donors (Lipinski definition) is 1. The fourth-order valence-electron chi connectivity index (χ4n) is 4.03. The quantitative estimate of drug-likeness (QED) is 0.381. The molecule has 4 rings (SSSR count). The van der Waals surface area contributed by atoms with Crippen LogP contribution in [0.25, 0.3) is 12.2 Å². The summed E-state index contributed by atoms with van der Waals surface area (Å²) in [7, 11) is -2.37. The standard InChI is InChI=1S/C27H26ClNO6S/c1-18-5-3-6-21(15-18)36(32,33)29-17-20(11-14-27(30)31)35-26-13-10-19(16-24(26)29)9-12-22-23(28)7-4-8-25(22)34-2/h3-10,12-13,15-16,20H,11,14,17H2,1-2H3,(H,30,31)/b12-9+/t20-/m0/s1. The van der Waals surface area contributed by atoms with E-state index in [2.05, 4.69) is 0 Å². The summed E-state index contributed by atoms with van der Waals surface area (Å²) in [5.74, 6) is 0.0262. The first-order chi connectivity index (χ1) is 17.2. The monoisotopic (exact) mass is 527 g/mol. The Bertz CT molecular complexity index is 1420. The Labute approximate surface area is 215 Å². The molecule has 1 N–H and O–H groups in total. The summed E-state index contributed by atoms with van der Waals surface area (Å²) in [6.07, 6.45) is 3.09. The zero-order valence-corrected chi connectivity index (χ0v) is 21.4. The molecule has 0 saturated heterocycles. The lowest BCUT2D eigenvalue weighted by Gasteiger charge is -2.35. The van der Waals surface area contributed by atoms with Gasteiger partial charge in [-0.15, -0.1) is 0 Å². The highest BCUT2D eigenvalue weighted by atomic mass is 35.5. The Morgan fingerprint density at radius 2 is 1.94 bits per heavy atom. The molecule has 0 fully saturated rings. The summed E-state index contributed by atoms with van der Waals surface area (Å²) in [5, 5.41) is 9.63. The Balaban J connectivity index is 1.75. The van der Waals surface area contributed by atoms with E-state index in [9.17, 15) is 13.2 Å². The first-order valence-corrected chi connectivity index (χ1v) is 13.1. The lowest BCUT2D eigenvalue weighted by molar-refractivity contribution is -0.137. The van der Waals surface area contributed by atoms with E-state index < -0.39 is 22.1 Å². The highest BCUT2D eigenvalue weighted by Gasteiger charge is 2.35. The van der Waals surface area contributed by atoms with Crippen molar-refractivity contribution in [3.05, 3.63) is 82.4 Å². The van der Waals surface area contributed by atoms with Crippen LogP contribution in [0.5, 0.6) is 11.5 Å². The van der Waals surface area contributed by atoms with Crippen LogP contribution in [0.4, 0.5) is 5.69 Å². The molecule has 7 nitrogen and oxygen atoms in total. The van der Waals surface area contributed by atoms with E-state index in [4.69, 9.17) is 26.2 Å². The molecule has 0 aromatic heterocycles. The Hall–Kier alpha value is -3.49. The molecule has 1 atom stereocenters. The van der Waals surface area contributed by atoms with E-state index in [-0.39, 0.29) is 24.3 Å². The van der Waals surface area contributed by atoms with Gasteiger partial charge in [-0.25, -0.2) is 8.42 Å². The molecule has 0 bridgehead atoms. The number of nitrogens with zero attached hydrogens (tertiary/aromatic N) is 1. The van der Waals surface area contributed by atoms with Gasteiger partial charge in [-0.05, 0) is 66.9 Å². The fraction of sp³-hybridized carbons (Fsp3) is 0.222. The maximum absolute atomic E-state index is 13.7. The minimum atomic E-state index is -3.93. The first-order valence-electron chi connectivity index (χ1n) is 11.3. The molecule has 3 aromatic rings. The van der Waals surface area contributed by atoms with Crippen molar-refractivity contribution in [2.75, 3.05) is 18.0 Å². The molecule has 0 unspecified atom stereocenters. The van der Waals surface area contributed by atoms with Crippen LogP contribution in [0, 0.1) is 6.92 Å². The van der Waals surface area contributed by atoms with Crippen LogP contribution in [0.2, 0.25) is 5.02 Å². The van der Waals surface area contributed by atoms with Crippen molar-refractivity contribution in [3.8, 4) is 11.5 Å². The second-order valence-corrected chi connectivity index (χ2v) is 10.7. The second-order valence-electron chi connectivity index (χ2n) is 8.44. The molecule has 1 aliphatic heterocycles. The molecule has 0 amide bonds. The lowest BCUT2D eigenvalue weighted by Crippen LogP contribution is -2.43. The number of carbonyl (C=O) groups is 1. The summed E-state index contributed by atoms with van der Waals surface area (Å²) >= 11 is 6.34. The van der Waals surface area contributed by atoms with E-state index >= 15 is 0 Å². The number of rotatable bonds is 8. The zero-order chi connectivity index (χ0) is 25.9. The van der Waals surface area contributed by atoms with E-state index in [0.29, 0.717) is 27.8 Å². The van der Waals surface area contributed by atoms with Crippen LogP contribution < -0.4 is 13.8 Å². The average Bonchev–Trinajstić information content (AvgIpc) is 2.86. The van der Waals surface area contributed by atoms with Gasteiger partial charge in [0.25, 0.3) is 10.0 Å². The van der Waals surface area contributed by atoms with Gasteiger partial charge in [0.1, 0.15) is 17.6 Å². The van der Waals surface area contributed by atoms with Crippen molar-refractivity contribution in [2.45, 2.75) is 30.8 Å².